The molecule has 27 heavy (non-hydrogen) atoms. The van der Waals surface area contributed by atoms with Crippen molar-refractivity contribution in [3.05, 3.63) is 46.2 Å². The SMILES string of the molecule is COc1cc(C2=NN(C(=O)CCCC(=O)O)C(c3cccs3)C2)ccc1O. The van der Waals surface area contributed by atoms with Crippen molar-refractivity contribution in [1.82, 2.24) is 5.01 Å². The smallest absolute Gasteiger partial charge is 0.303 e. The number of aromatic hydroxyl groups is 1. The van der Waals surface area contributed by atoms with Crippen LogP contribution >= 0.6 is 11.3 Å². The fourth-order valence-corrected chi connectivity index (χ4v) is 3.79. The average molecular weight is 388 g/mol. The molecule has 0 saturated heterocycles. The highest BCUT2D eigenvalue weighted by molar-refractivity contribution is 7.10. The average Bonchev–Trinajstić information content (AvgIpc) is 3.31. The quantitative estimate of drug-likeness (QED) is 0.757. The summed E-state index contributed by atoms with van der Waals surface area (Å²) < 4.78 is 5.16. The molecular formula is C19H20N2O5S. The van der Waals surface area contributed by atoms with Crippen molar-refractivity contribution in [2.45, 2.75) is 31.7 Å². The maximum atomic E-state index is 12.7. The van der Waals surface area contributed by atoms with E-state index in [2.05, 4.69) is 5.10 Å². The highest BCUT2D eigenvalue weighted by Gasteiger charge is 2.33. The molecule has 1 unspecified atom stereocenters. The summed E-state index contributed by atoms with van der Waals surface area (Å²) in [7, 11) is 1.47. The molecule has 7 nitrogen and oxygen atoms in total. The van der Waals surface area contributed by atoms with Crippen molar-refractivity contribution < 1.29 is 24.5 Å². The molecule has 0 spiro atoms. The van der Waals surface area contributed by atoms with E-state index in [1.165, 1.54) is 18.2 Å². The molecule has 0 radical (unpaired) electrons. The van der Waals surface area contributed by atoms with Gasteiger partial charge in [0.2, 0.25) is 5.91 Å². The fraction of sp³-hybridized carbons (Fsp3) is 0.316. The second-order valence-corrected chi connectivity index (χ2v) is 7.13. The van der Waals surface area contributed by atoms with Crippen LogP contribution in [0.4, 0.5) is 0 Å². The van der Waals surface area contributed by atoms with Gasteiger partial charge in [-0.2, -0.15) is 5.10 Å². The third-order valence-electron chi connectivity index (χ3n) is 4.33. The Morgan fingerprint density at radius 1 is 1.33 bits per heavy atom. The van der Waals surface area contributed by atoms with Crippen molar-refractivity contribution in [1.29, 1.82) is 0 Å². The van der Waals surface area contributed by atoms with Crippen LogP contribution in [0.25, 0.3) is 0 Å². The molecule has 142 valence electrons. The largest absolute Gasteiger partial charge is 0.504 e. The van der Waals surface area contributed by atoms with Crippen molar-refractivity contribution in [3.8, 4) is 11.5 Å². The van der Waals surface area contributed by atoms with E-state index in [1.54, 1.807) is 23.5 Å². The van der Waals surface area contributed by atoms with Gasteiger partial charge in [-0.25, -0.2) is 5.01 Å². The Kier molecular flexibility index (Phi) is 5.75. The number of rotatable bonds is 7. The normalized spacial score (nSPS) is 16.3. The molecule has 0 fully saturated rings. The lowest BCUT2D eigenvalue weighted by atomic mass is 10.0. The highest BCUT2D eigenvalue weighted by atomic mass is 32.1. The summed E-state index contributed by atoms with van der Waals surface area (Å²) in [5.74, 6) is -0.736. The van der Waals surface area contributed by atoms with Gasteiger partial charge < -0.3 is 14.9 Å². The molecule has 0 bridgehead atoms. The Bertz CT molecular complexity index is 863. The van der Waals surface area contributed by atoms with E-state index in [-0.39, 0.29) is 37.0 Å². The van der Waals surface area contributed by atoms with E-state index in [0.717, 1.165) is 16.2 Å². The molecule has 2 N–H and O–H groups in total. The number of benzene rings is 1. The van der Waals surface area contributed by atoms with Gasteiger partial charge in [-0.05, 0) is 36.1 Å². The summed E-state index contributed by atoms with van der Waals surface area (Å²) in [6.45, 7) is 0. The Morgan fingerprint density at radius 2 is 2.15 bits per heavy atom. The maximum absolute atomic E-state index is 12.7. The number of hydrogen-bond acceptors (Lipinski definition) is 6. The number of phenolic OH excluding ortho intramolecular Hbond substituents is 1. The molecule has 2 aromatic rings. The lowest BCUT2D eigenvalue weighted by molar-refractivity contribution is -0.137. The highest BCUT2D eigenvalue weighted by Crippen LogP contribution is 2.37. The molecular weight excluding hydrogens is 368 g/mol. The topological polar surface area (TPSA) is 99.4 Å². The molecule has 1 aliphatic rings. The van der Waals surface area contributed by atoms with Crippen LogP contribution in [-0.2, 0) is 9.59 Å². The van der Waals surface area contributed by atoms with Gasteiger partial charge in [0.1, 0.15) is 0 Å². The zero-order chi connectivity index (χ0) is 19.4. The van der Waals surface area contributed by atoms with Crippen LogP contribution in [0.15, 0.2) is 40.8 Å². The van der Waals surface area contributed by atoms with Crippen LogP contribution in [0.1, 0.15) is 42.2 Å². The van der Waals surface area contributed by atoms with Gasteiger partial charge in [0, 0.05) is 29.7 Å². The standard InChI is InChI=1S/C19H20N2O5S/c1-26-16-10-12(7-8-15(16)22)13-11-14(17-4-3-9-27-17)21(20-13)18(23)5-2-6-19(24)25/h3-4,7-10,14,22H,2,5-6,11H2,1H3,(H,24,25). The van der Waals surface area contributed by atoms with Crippen LogP contribution in [0, 0.1) is 0 Å². The van der Waals surface area contributed by atoms with Gasteiger partial charge in [-0.15, -0.1) is 11.3 Å². The predicted octanol–water partition coefficient (Wildman–Crippen LogP) is 3.39. The minimum Gasteiger partial charge on any atom is -0.504 e. The number of thiophene rings is 1. The Morgan fingerprint density at radius 3 is 2.81 bits per heavy atom. The Balaban J connectivity index is 1.85. The molecule has 0 aliphatic carbocycles. The first-order valence-electron chi connectivity index (χ1n) is 8.51. The van der Waals surface area contributed by atoms with Crippen LogP contribution in [-0.4, -0.2) is 39.9 Å². The first-order chi connectivity index (χ1) is 13.0. The molecule has 1 aromatic heterocycles. The molecule has 2 heterocycles. The van der Waals surface area contributed by atoms with Gasteiger partial charge in [-0.1, -0.05) is 6.07 Å². The number of amides is 1. The summed E-state index contributed by atoms with van der Waals surface area (Å²) in [6, 6.07) is 8.64. The predicted molar refractivity (Wildman–Crippen MR) is 101 cm³/mol. The molecule has 1 amide bonds. The summed E-state index contributed by atoms with van der Waals surface area (Å²) in [5.41, 5.74) is 1.49. The van der Waals surface area contributed by atoms with Crippen LogP contribution in [0.2, 0.25) is 0 Å². The summed E-state index contributed by atoms with van der Waals surface area (Å²) in [5, 5.41) is 26.5. The number of methoxy groups -OCH3 is 1. The second-order valence-electron chi connectivity index (χ2n) is 6.15. The summed E-state index contributed by atoms with van der Waals surface area (Å²) >= 11 is 1.55. The number of phenols is 1. The number of carboxylic acids is 1. The number of carboxylic acid groups (broad SMARTS) is 1. The number of aliphatic carboxylic acids is 1. The summed E-state index contributed by atoms with van der Waals surface area (Å²) in [4.78, 5) is 24.4. The van der Waals surface area contributed by atoms with Gasteiger partial charge in [-0.3, -0.25) is 9.59 Å². The van der Waals surface area contributed by atoms with Crippen molar-refractivity contribution in [2.24, 2.45) is 5.10 Å². The number of carbonyl (C=O) groups excluding carboxylic acids is 1. The number of ether oxygens (including phenoxy) is 1. The monoisotopic (exact) mass is 388 g/mol. The molecule has 1 atom stereocenters. The van der Waals surface area contributed by atoms with E-state index < -0.39 is 5.97 Å². The van der Waals surface area contributed by atoms with Gasteiger partial charge in [0.15, 0.2) is 11.5 Å². The third-order valence-corrected chi connectivity index (χ3v) is 5.31. The minimum atomic E-state index is -0.917. The number of hydrazone groups is 1. The fourth-order valence-electron chi connectivity index (χ4n) is 2.98. The molecule has 8 heteroatoms. The first kappa shape index (κ1) is 18.9. The maximum Gasteiger partial charge on any atom is 0.303 e. The second kappa shape index (κ2) is 8.22. The lowest BCUT2D eigenvalue weighted by Crippen LogP contribution is -2.26. The van der Waals surface area contributed by atoms with Crippen LogP contribution in [0.3, 0.4) is 0 Å². The van der Waals surface area contributed by atoms with Crippen molar-refractivity contribution in [2.75, 3.05) is 7.11 Å². The first-order valence-corrected chi connectivity index (χ1v) is 9.39. The number of hydrogen-bond donors (Lipinski definition) is 2. The van der Waals surface area contributed by atoms with Crippen molar-refractivity contribution >= 4 is 28.9 Å². The zero-order valence-electron chi connectivity index (χ0n) is 14.8. The van der Waals surface area contributed by atoms with E-state index in [9.17, 15) is 14.7 Å². The van der Waals surface area contributed by atoms with E-state index in [0.29, 0.717) is 12.2 Å². The molecule has 3 rings (SSSR count). The number of carbonyl (C=O) groups is 2. The van der Waals surface area contributed by atoms with Gasteiger partial charge in [0.05, 0.1) is 18.9 Å². The van der Waals surface area contributed by atoms with Crippen LogP contribution in [0.5, 0.6) is 11.5 Å². The molecule has 1 aromatic carbocycles. The zero-order valence-corrected chi connectivity index (χ0v) is 15.6. The van der Waals surface area contributed by atoms with Crippen molar-refractivity contribution in [3.63, 3.8) is 0 Å². The van der Waals surface area contributed by atoms with Gasteiger partial charge >= 0.3 is 5.97 Å². The minimum absolute atomic E-state index is 0.0382. The molecule has 1 aliphatic heterocycles. The Hall–Kier alpha value is -2.87. The Labute approximate surface area is 160 Å². The van der Waals surface area contributed by atoms with E-state index in [1.807, 2.05) is 17.5 Å². The summed E-state index contributed by atoms with van der Waals surface area (Å²) in [6.07, 6.45) is 0.900. The number of nitrogens with zero attached hydrogens (tertiary/aromatic N) is 2. The van der Waals surface area contributed by atoms with E-state index >= 15 is 0 Å². The van der Waals surface area contributed by atoms with Gasteiger partial charge in [0.25, 0.3) is 0 Å². The lowest BCUT2D eigenvalue weighted by Gasteiger charge is -2.20. The van der Waals surface area contributed by atoms with E-state index in [4.69, 9.17) is 9.84 Å². The third kappa shape index (κ3) is 4.28. The molecule has 0 saturated carbocycles. The van der Waals surface area contributed by atoms with Crippen LogP contribution < -0.4 is 4.74 Å².